The maximum absolute atomic E-state index is 12.3. The predicted molar refractivity (Wildman–Crippen MR) is 72.2 cm³/mol. The first-order valence-corrected chi connectivity index (χ1v) is 6.88. The third-order valence-electron chi connectivity index (χ3n) is 4.95. The SMILES string of the molecule is CC(=O)C1(C)CO[C@@H]2c3ccccc3OC(=O)[C@H]2C1C. The lowest BCUT2D eigenvalue weighted by Gasteiger charge is -2.47. The fraction of sp³-hybridized carbons (Fsp3) is 0.500. The van der Waals surface area contributed by atoms with E-state index in [4.69, 9.17) is 9.47 Å². The van der Waals surface area contributed by atoms with Gasteiger partial charge in [0.05, 0.1) is 24.0 Å². The van der Waals surface area contributed by atoms with Crippen LogP contribution in [-0.2, 0) is 14.3 Å². The molecule has 3 rings (SSSR count). The monoisotopic (exact) mass is 274 g/mol. The van der Waals surface area contributed by atoms with Crippen LogP contribution in [-0.4, -0.2) is 18.4 Å². The van der Waals surface area contributed by atoms with Gasteiger partial charge in [-0.05, 0) is 18.9 Å². The molecule has 1 aromatic carbocycles. The molecule has 0 aromatic heterocycles. The zero-order valence-electron chi connectivity index (χ0n) is 11.9. The fourth-order valence-corrected chi connectivity index (χ4v) is 3.17. The van der Waals surface area contributed by atoms with Gasteiger partial charge >= 0.3 is 5.97 Å². The van der Waals surface area contributed by atoms with Crippen LogP contribution in [0.1, 0.15) is 32.4 Å². The predicted octanol–water partition coefficient (Wildman–Crippen LogP) is 2.52. The Morgan fingerprint density at radius 1 is 1.35 bits per heavy atom. The van der Waals surface area contributed by atoms with Crippen LogP contribution in [0.25, 0.3) is 0 Å². The zero-order valence-corrected chi connectivity index (χ0v) is 11.9. The van der Waals surface area contributed by atoms with E-state index in [9.17, 15) is 9.59 Å². The van der Waals surface area contributed by atoms with Crippen molar-refractivity contribution in [2.45, 2.75) is 26.9 Å². The maximum atomic E-state index is 12.3. The summed E-state index contributed by atoms with van der Waals surface area (Å²) in [6.45, 7) is 5.70. The topological polar surface area (TPSA) is 52.6 Å². The van der Waals surface area contributed by atoms with Crippen molar-refractivity contribution in [3.8, 4) is 5.75 Å². The highest BCUT2D eigenvalue weighted by molar-refractivity contribution is 5.85. The van der Waals surface area contributed by atoms with E-state index in [-0.39, 0.29) is 23.8 Å². The Balaban J connectivity index is 2.04. The number of benzene rings is 1. The minimum Gasteiger partial charge on any atom is -0.426 e. The molecule has 4 heteroatoms. The molecule has 20 heavy (non-hydrogen) atoms. The molecule has 1 saturated heterocycles. The number of hydrogen-bond acceptors (Lipinski definition) is 4. The number of Topliss-reactive ketones (excluding diaryl/α,β-unsaturated/α-hetero) is 1. The van der Waals surface area contributed by atoms with Crippen molar-refractivity contribution in [2.75, 3.05) is 6.61 Å². The first kappa shape index (κ1) is 13.3. The van der Waals surface area contributed by atoms with Crippen LogP contribution in [0.3, 0.4) is 0 Å². The van der Waals surface area contributed by atoms with E-state index in [1.54, 1.807) is 13.0 Å². The van der Waals surface area contributed by atoms with Gasteiger partial charge in [0.25, 0.3) is 0 Å². The molecule has 2 unspecified atom stereocenters. The first-order valence-electron chi connectivity index (χ1n) is 6.88. The molecule has 4 atom stereocenters. The van der Waals surface area contributed by atoms with Crippen LogP contribution < -0.4 is 4.74 Å². The summed E-state index contributed by atoms with van der Waals surface area (Å²) in [5.74, 6) is -0.215. The Labute approximate surface area is 118 Å². The van der Waals surface area contributed by atoms with E-state index < -0.39 is 11.3 Å². The van der Waals surface area contributed by atoms with Crippen molar-refractivity contribution < 1.29 is 19.1 Å². The number of carbonyl (C=O) groups excluding carboxylic acids is 2. The Morgan fingerprint density at radius 3 is 2.75 bits per heavy atom. The van der Waals surface area contributed by atoms with Gasteiger partial charge in [0, 0.05) is 5.56 Å². The molecule has 0 saturated carbocycles. The molecular weight excluding hydrogens is 256 g/mol. The van der Waals surface area contributed by atoms with Crippen LogP contribution in [0, 0.1) is 17.3 Å². The zero-order chi connectivity index (χ0) is 14.5. The first-order chi connectivity index (χ1) is 9.45. The standard InChI is InChI=1S/C16H18O4/c1-9-13-14(19-8-16(9,3)10(2)17)11-6-4-5-7-12(11)20-15(13)18/h4-7,9,13-14H,8H2,1-3H3/t9?,13-,14+,16?/m0/s1. The number of fused-ring (bicyclic) bond motifs is 3. The summed E-state index contributed by atoms with van der Waals surface area (Å²) in [6, 6.07) is 7.43. The van der Waals surface area contributed by atoms with Crippen LogP contribution in [0.5, 0.6) is 5.75 Å². The van der Waals surface area contributed by atoms with E-state index >= 15 is 0 Å². The minimum absolute atomic E-state index is 0.0510. The molecule has 0 amide bonds. The van der Waals surface area contributed by atoms with Gasteiger partial charge in [0.15, 0.2) is 0 Å². The second kappa shape index (κ2) is 4.42. The van der Waals surface area contributed by atoms with Gasteiger partial charge in [-0.25, -0.2) is 0 Å². The molecular formula is C16H18O4. The molecule has 4 nitrogen and oxygen atoms in total. The van der Waals surface area contributed by atoms with Gasteiger partial charge < -0.3 is 9.47 Å². The van der Waals surface area contributed by atoms with Crippen molar-refractivity contribution in [3.63, 3.8) is 0 Å². The molecule has 106 valence electrons. The van der Waals surface area contributed by atoms with Crippen LogP contribution in [0.2, 0.25) is 0 Å². The highest BCUT2D eigenvalue weighted by Gasteiger charge is 2.53. The smallest absolute Gasteiger partial charge is 0.317 e. The quantitative estimate of drug-likeness (QED) is 0.583. The summed E-state index contributed by atoms with van der Waals surface area (Å²) < 4.78 is 11.3. The average molecular weight is 274 g/mol. The third kappa shape index (κ3) is 1.71. The summed E-state index contributed by atoms with van der Waals surface area (Å²) in [7, 11) is 0. The lowest BCUT2D eigenvalue weighted by Crippen LogP contribution is -2.52. The lowest BCUT2D eigenvalue weighted by atomic mass is 9.65. The molecule has 1 aromatic rings. The van der Waals surface area contributed by atoms with Gasteiger partial charge in [-0.15, -0.1) is 0 Å². The van der Waals surface area contributed by atoms with E-state index in [0.29, 0.717) is 12.4 Å². The molecule has 0 radical (unpaired) electrons. The van der Waals surface area contributed by atoms with Gasteiger partial charge in [0.2, 0.25) is 0 Å². The Kier molecular flexibility index (Phi) is 2.94. The van der Waals surface area contributed by atoms with Gasteiger partial charge in [-0.1, -0.05) is 32.0 Å². The molecule has 0 bridgehead atoms. The van der Waals surface area contributed by atoms with E-state index in [1.165, 1.54) is 0 Å². The van der Waals surface area contributed by atoms with Crippen molar-refractivity contribution in [2.24, 2.45) is 17.3 Å². The number of ether oxygens (including phenoxy) is 2. The van der Waals surface area contributed by atoms with Crippen LogP contribution >= 0.6 is 0 Å². The average Bonchev–Trinajstić information content (AvgIpc) is 2.42. The van der Waals surface area contributed by atoms with E-state index in [1.807, 2.05) is 32.0 Å². The van der Waals surface area contributed by atoms with Crippen molar-refractivity contribution >= 4 is 11.8 Å². The molecule has 2 aliphatic heterocycles. The van der Waals surface area contributed by atoms with E-state index in [0.717, 1.165) is 5.56 Å². The molecule has 0 spiro atoms. The number of hydrogen-bond donors (Lipinski definition) is 0. The van der Waals surface area contributed by atoms with Crippen molar-refractivity contribution in [1.29, 1.82) is 0 Å². The summed E-state index contributed by atoms with van der Waals surface area (Å²) in [5, 5.41) is 0. The number of para-hydroxylation sites is 1. The van der Waals surface area contributed by atoms with Gasteiger partial charge in [-0.2, -0.15) is 0 Å². The molecule has 2 heterocycles. The summed E-state index contributed by atoms with van der Waals surface area (Å²) >= 11 is 0. The highest BCUT2D eigenvalue weighted by Crippen LogP contribution is 2.50. The van der Waals surface area contributed by atoms with Crippen LogP contribution in [0.15, 0.2) is 24.3 Å². The number of carbonyl (C=O) groups is 2. The number of ketones is 1. The van der Waals surface area contributed by atoms with Gasteiger partial charge in [0.1, 0.15) is 11.5 Å². The minimum atomic E-state index is -0.632. The molecule has 2 aliphatic rings. The lowest BCUT2D eigenvalue weighted by molar-refractivity contribution is -0.179. The normalized spacial score (nSPS) is 35.8. The highest BCUT2D eigenvalue weighted by atomic mass is 16.6. The van der Waals surface area contributed by atoms with Crippen molar-refractivity contribution in [3.05, 3.63) is 29.8 Å². The second-order valence-corrected chi connectivity index (χ2v) is 5.98. The summed E-state index contributed by atoms with van der Waals surface area (Å²) in [5.41, 5.74) is 0.265. The van der Waals surface area contributed by atoms with Gasteiger partial charge in [-0.3, -0.25) is 9.59 Å². The number of rotatable bonds is 1. The Hall–Kier alpha value is -1.68. The Morgan fingerprint density at radius 2 is 2.05 bits per heavy atom. The number of esters is 1. The Bertz CT molecular complexity index is 580. The second-order valence-electron chi connectivity index (χ2n) is 5.98. The maximum Gasteiger partial charge on any atom is 0.317 e. The molecule has 1 fully saturated rings. The summed E-state index contributed by atoms with van der Waals surface area (Å²) in [4.78, 5) is 24.2. The largest absolute Gasteiger partial charge is 0.426 e. The van der Waals surface area contributed by atoms with Crippen LogP contribution in [0.4, 0.5) is 0 Å². The van der Waals surface area contributed by atoms with Crippen molar-refractivity contribution in [1.82, 2.24) is 0 Å². The molecule has 0 N–H and O–H groups in total. The van der Waals surface area contributed by atoms with E-state index in [2.05, 4.69) is 0 Å². The molecule has 0 aliphatic carbocycles. The third-order valence-corrected chi connectivity index (χ3v) is 4.95. The summed E-state index contributed by atoms with van der Waals surface area (Å²) in [6.07, 6.45) is -0.310. The fourth-order valence-electron chi connectivity index (χ4n) is 3.17.